The molecule has 1 atom stereocenters. The molecule has 0 aliphatic carbocycles. The van der Waals surface area contributed by atoms with Gasteiger partial charge in [-0.05, 0) is 20.3 Å². The van der Waals surface area contributed by atoms with Gasteiger partial charge in [0.25, 0.3) is 0 Å². The molecule has 84 valence electrons. The van der Waals surface area contributed by atoms with E-state index < -0.39 is 16.4 Å². The molecule has 0 aromatic heterocycles. The highest BCUT2D eigenvalue weighted by Crippen LogP contribution is 2.35. The summed E-state index contributed by atoms with van der Waals surface area (Å²) in [4.78, 5) is 10.1. The summed E-state index contributed by atoms with van der Waals surface area (Å²) in [5.41, 5.74) is -1.28. The van der Waals surface area contributed by atoms with Gasteiger partial charge in [0.05, 0.1) is 12.7 Å². The minimum atomic E-state index is -1.34. The number of alkyl halides is 1. The Hall–Kier alpha value is -0.280. The van der Waals surface area contributed by atoms with E-state index in [-0.39, 0.29) is 0 Å². The van der Waals surface area contributed by atoms with Gasteiger partial charge in [0.1, 0.15) is 0 Å². The van der Waals surface area contributed by atoms with E-state index >= 15 is 0 Å². The molecule has 0 aromatic carbocycles. The topological polar surface area (TPSA) is 46.5 Å². The number of aliphatic hydroxyl groups is 1. The van der Waals surface area contributed by atoms with E-state index in [2.05, 4.69) is 4.74 Å². The number of hydrogen-bond donors (Lipinski definition) is 1. The SMILES string of the molecule is CCCCC(Cl)(C(=O)OC)C(C)(C)O. The van der Waals surface area contributed by atoms with Crippen LogP contribution >= 0.6 is 11.6 Å². The average Bonchev–Trinajstić information content (AvgIpc) is 2.10. The Bertz CT molecular complexity index is 198. The zero-order chi connectivity index (χ0) is 11.4. The molecule has 0 aliphatic rings. The number of methoxy groups -OCH3 is 1. The lowest BCUT2D eigenvalue weighted by atomic mass is 9.85. The zero-order valence-electron chi connectivity index (χ0n) is 9.26. The average molecular weight is 223 g/mol. The smallest absolute Gasteiger partial charge is 0.329 e. The second kappa shape index (κ2) is 4.99. The molecule has 0 aromatic rings. The van der Waals surface area contributed by atoms with Crippen LogP contribution in [0.3, 0.4) is 0 Å². The minimum Gasteiger partial charge on any atom is -0.468 e. The molecule has 0 aliphatic heterocycles. The van der Waals surface area contributed by atoms with Crippen molar-refractivity contribution in [2.45, 2.75) is 50.5 Å². The Morgan fingerprint density at radius 1 is 1.50 bits per heavy atom. The van der Waals surface area contributed by atoms with E-state index in [1.165, 1.54) is 21.0 Å². The van der Waals surface area contributed by atoms with Crippen molar-refractivity contribution in [3.05, 3.63) is 0 Å². The second-order valence-electron chi connectivity index (χ2n) is 3.96. The molecule has 14 heavy (non-hydrogen) atoms. The van der Waals surface area contributed by atoms with Crippen molar-refractivity contribution in [3.63, 3.8) is 0 Å². The van der Waals surface area contributed by atoms with Gasteiger partial charge in [0.15, 0.2) is 4.87 Å². The summed E-state index contributed by atoms with van der Waals surface area (Å²) in [7, 11) is 1.27. The fourth-order valence-electron chi connectivity index (χ4n) is 1.24. The molecule has 0 saturated carbocycles. The molecule has 0 rings (SSSR count). The third kappa shape index (κ3) is 2.85. The van der Waals surface area contributed by atoms with Crippen LogP contribution in [0, 0.1) is 0 Å². The van der Waals surface area contributed by atoms with Crippen LogP contribution in [0.15, 0.2) is 0 Å². The van der Waals surface area contributed by atoms with Crippen molar-refractivity contribution >= 4 is 17.6 Å². The maximum absolute atomic E-state index is 11.5. The van der Waals surface area contributed by atoms with E-state index in [0.29, 0.717) is 6.42 Å². The van der Waals surface area contributed by atoms with E-state index in [9.17, 15) is 9.90 Å². The third-order valence-electron chi connectivity index (χ3n) is 2.35. The minimum absolute atomic E-state index is 0.418. The molecule has 0 bridgehead atoms. The first-order valence-corrected chi connectivity index (χ1v) is 5.17. The number of carbonyl (C=O) groups is 1. The van der Waals surface area contributed by atoms with Gasteiger partial charge >= 0.3 is 5.97 Å². The van der Waals surface area contributed by atoms with E-state index in [1.807, 2.05) is 6.92 Å². The molecule has 0 amide bonds. The second-order valence-corrected chi connectivity index (χ2v) is 4.60. The maximum Gasteiger partial charge on any atom is 0.329 e. The van der Waals surface area contributed by atoms with Crippen molar-refractivity contribution in [1.82, 2.24) is 0 Å². The first kappa shape index (κ1) is 13.7. The number of rotatable bonds is 5. The summed E-state index contributed by atoms with van der Waals surface area (Å²) in [6.45, 7) is 5.04. The Labute approximate surface area is 90.4 Å². The molecule has 1 N–H and O–H groups in total. The van der Waals surface area contributed by atoms with Gasteiger partial charge in [0, 0.05) is 0 Å². The highest BCUT2D eigenvalue weighted by atomic mass is 35.5. The highest BCUT2D eigenvalue weighted by Gasteiger charge is 2.49. The van der Waals surface area contributed by atoms with Gasteiger partial charge in [-0.1, -0.05) is 19.8 Å². The van der Waals surface area contributed by atoms with Crippen LogP contribution in [-0.2, 0) is 9.53 Å². The summed E-state index contributed by atoms with van der Waals surface area (Å²) in [6, 6.07) is 0. The maximum atomic E-state index is 11.5. The molecular formula is C10H19ClO3. The van der Waals surface area contributed by atoms with Gasteiger partial charge in [-0.2, -0.15) is 0 Å². The van der Waals surface area contributed by atoms with Crippen molar-refractivity contribution < 1.29 is 14.6 Å². The Morgan fingerprint density at radius 3 is 2.29 bits per heavy atom. The number of carbonyl (C=O) groups excluding carboxylic acids is 1. The van der Waals surface area contributed by atoms with Gasteiger partial charge in [-0.3, -0.25) is 4.79 Å². The summed E-state index contributed by atoms with van der Waals surface area (Å²) in [5, 5.41) is 9.83. The number of ether oxygens (including phenoxy) is 1. The number of esters is 1. The number of unbranched alkanes of at least 4 members (excludes halogenated alkanes) is 1. The molecule has 1 unspecified atom stereocenters. The largest absolute Gasteiger partial charge is 0.468 e. The van der Waals surface area contributed by atoms with Gasteiger partial charge in [0.2, 0.25) is 0 Å². The Morgan fingerprint density at radius 2 is 2.00 bits per heavy atom. The van der Waals surface area contributed by atoms with Crippen LogP contribution < -0.4 is 0 Å². The molecule has 3 nitrogen and oxygen atoms in total. The Balaban J connectivity index is 4.76. The van der Waals surface area contributed by atoms with Gasteiger partial charge in [-0.25, -0.2) is 0 Å². The van der Waals surface area contributed by atoms with Crippen LogP contribution in [0.5, 0.6) is 0 Å². The lowest BCUT2D eigenvalue weighted by Crippen LogP contribution is -2.52. The van der Waals surface area contributed by atoms with Crippen LogP contribution in [0.25, 0.3) is 0 Å². The van der Waals surface area contributed by atoms with Crippen LogP contribution in [-0.4, -0.2) is 28.7 Å². The summed E-state index contributed by atoms with van der Waals surface area (Å²) < 4.78 is 4.61. The fourth-order valence-corrected chi connectivity index (χ4v) is 1.45. The standard InChI is InChI=1S/C10H19ClO3/c1-5-6-7-10(11,8(12)14-4)9(2,3)13/h13H,5-7H2,1-4H3. The normalized spacial score (nSPS) is 16.1. The molecule has 0 radical (unpaired) electrons. The van der Waals surface area contributed by atoms with Crippen molar-refractivity contribution in [3.8, 4) is 0 Å². The molecule has 0 saturated heterocycles. The summed E-state index contributed by atoms with van der Waals surface area (Å²) >= 11 is 6.12. The van der Waals surface area contributed by atoms with Gasteiger partial charge < -0.3 is 9.84 Å². The number of hydrogen-bond acceptors (Lipinski definition) is 3. The quantitative estimate of drug-likeness (QED) is 0.573. The van der Waals surface area contributed by atoms with Crippen LogP contribution in [0.2, 0.25) is 0 Å². The van der Waals surface area contributed by atoms with E-state index in [1.54, 1.807) is 0 Å². The lowest BCUT2D eigenvalue weighted by Gasteiger charge is -2.35. The van der Waals surface area contributed by atoms with E-state index in [0.717, 1.165) is 12.8 Å². The molecule has 0 fully saturated rings. The fraction of sp³-hybridized carbons (Fsp3) is 0.900. The predicted molar refractivity (Wildman–Crippen MR) is 56.4 cm³/mol. The third-order valence-corrected chi connectivity index (χ3v) is 3.16. The van der Waals surface area contributed by atoms with Crippen molar-refractivity contribution in [2.24, 2.45) is 0 Å². The van der Waals surface area contributed by atoms with Crippen molar-refractivity contribution in [1.29, 1.82) is 0 Å². The highest BCUT2D eigenvalue weighted by molar-refractivity contribution is 6.35. The number of halogens is 1. The summed E-state index contributed by atoms with van der Waals surface area (Å²) in [6.07, 6.45) is 2.12. The molecular weight excluding hydrogens is 204 g/mol. The van der Waals surface area contributed by atoms with E-state index in [4.69, 9.17) is 11.6 Å². The van der Waals surface area contributed by atoms with Crippen LogP contribution in [0.1, 0.15) is 40.0 Å². The monoisotopic (exact) mass is 222 g/mol. The predicted octanol–water partition coefficient (Wildman–Crippen LogP) is 2.10. The van der Waals surface area contributed by atoms with Crippen LogP contribution in [0.4, 0.5) is 0 Å². The zero-order valence-corrected chi connectivity index (χ0v) is 10.0. The van der Waals surface area contributed by atoms with Gasteiger partial charge in [-0.15, -0.1) is 11.6 Å². The summed E-state index contributed by atoms with van der Waals surface area (Å²) in [5.74, 6) is -0.569. The molecule has 0 spiro atoms. The first-order chi connectivity index (χ1) is 6.29. The van der Waals surface area contributed by atoms with Crippen molar-refractivity contribution in [2.75, 3.05) is 7.11 Å². The lowest BCUT2D eigenvalue weighted by molar-refractivity contribution is -0.151. The molecule has 4 heteroatoms. The molecule has 0 heterocycles. The Kier molecular flexibility index (Phi) is 4.89. The first-order valence-electron chi connectivity index (χ1n) is 4.79.